The fraction of sp³-hybridized carbons (Fsp3) is 0.167. The van der Waals surface area contributed by atoms with Crippen LogP contribution in [0.15, 0.2) is 42.0 Å². The Labute approximate surface area is 143 Å². The molecule has 6 nitrogen and oxygen atoms in total. The zero-order valence-electron chi connectivity index (χ0n) is 13.4. The maximum Gasteiger partial charge on any atom is 0.292 e. The van der Waals surface area contributed by atoms with Crippen LogP contribution in [-0.4, -0.2) is 24.4 Å². The number of nitrogens with zero attached hydrogens (tertiary/aromatic N) is 1. The number of ether oxygens (including phenoxy) is 1. The van der Waals surface area contributed by atoms with Gasteiger partial charge in [-0.15, -0.1) is 0 Å². The molecule has 0 spiro atoms. The molecule has 1 aliphatic heterocycles. The zero-order valence-corrected chi connectivity index (χ0v) is 13.4. The number of carbonyl (C=O) groups is 1. The Hall–Kier alpha value is -3.22. The van der Waals surface area contributed by atoms with Crippen LogP contribution in [-0.2, 0) is 0 Å². The number of nitrogens with one attached hydrogen (secondary N) is 1. The lowest BCUT2D eigenvalue weighted by atomic mass is 9.98. The van der Waals surface area contributed by atoms with Gasteiger partial charge in [0.1, 0.15) is 17.3 Å². The molecule has 128 valence electrons. The van der Waals surface area contributed by atoms with Crippen LogP contribution in [0.4, 0.5) is 15.8 Å². The quantitative estimate of drug-likeness (QED) is 0.521. The summed E-state index contributed by atoms with van der Waals surface area (Å²) in [4.78, 5) is 23.3. The molecule has 7 heteroatoms. The van der Waals surface area contributed by atoms with Crippen molar-refractivity contribution in [2.75, 3.05) is 19.0 Å². The van der Waals surface area contributed by atoms with Gasteiger partial charge in [0.05, 0.1) is 17.1 Å². The highest BCUT2D eigenvalue weighted by Crippen LogP contribution is 2.30. The number of hydrogen-bond donors (Lipinski definition) is 1. The van der Waals surface area contributed by atoms with Gasteiger partial charge in [-0.05, 0) is 35.9 Å². The molecule has 1 N–H and O–H groups in total. The van der Waals surface area contributed by atoms with E-state index in [1.54, 1.807) is 25.3 Å². The van der Waals surface area contributed by atoms with Crippen molar-refractivity contribution in [3.05, 3.63) is 69.0 Å². The fourth-order valence-electron chi connectivity index (χ4n) is 2.70. The molecule has 0 atom stereocenters. The Balaban J connectivity index is 2.02. The van der Waals surface area contributed by atoms with E-state index in [-0.39, 0.29) is 23.6 Å². The number of rotatable bonds is 3. The summed E-state index contributed by atoms with van der Waals surface area (Å²) in [6.07, 6.45) is 1.91. The largest absolute Gasteiger partial charge is 0.492 e. The third-order valence-electron chi connectivity index (χ3n) is 3.94. The number of hydrogen-bond acceptors (Lipinski definition) is 5. The number of halogens is 1. The monoisotopic (exact) mass is 342 g/mol. The molecular formula is C18H15FN2O4. The Bertz CT molecular complexity index is 893. The van der Waals surface area contributed by atoms with Gasteiger partial charge >= 0.3 is 0 Å². The summed E-state index contributed by atoms with van der Waals surface area (Å²) in [6, 6.07) is 8.46. The van der Waals surface area contributed by atoms with Gasteiger partial charge in [0.15, 0.2) is 5.78 Å². The van der Waals surface area contributed by atoms with Crippen LogP contribution in [0, 0.1) is 15.9 Å². The van der Waals surface area contributed by atoms with E-state index in [1.165, 1.54) is 18.2 Å². The molecule has 0 aromatic heterocycles. The SMILES string of the molecule is CNc1ccc(/C=C2\CCOc3ccc(F)cc3C2=O)cc1[N+](=O)[O-]. The third kappa shape index (κ3) is 3.35. The van der Waals surface area contributed by atoms with Crippen molar-refractivity contribution < 1.29 is 18.8 Å². The molecule has 0 fully saturated rings. The second kappa shape index (κ2) is 6.72. The second-order valence-corrected chi connectivity index (χ2v) is 5.52. The molecule has 0 amide bonds. The third-order valence-corrected chi connectivity index (χ3v) is 3.94. The zero-order chi connectivity index (χ0) is 18.0. The number of ketones is 1. The molecule has 0 radical (unpaired) electrons. The molecule has 0 saturated heterocycles. The average Bonchev–Trinajstić information content (AvgIpc) is 2.74. The standard InChI is InChI=1S/C18H15FN2O4/c1-20-15-4-2-11(9-16(15)21(23)24)8-12-6-7-25-17-5-3-13(19)10-14(17)18(12)22/h2-5,8-10,20H,6-7H2,1H3/b12-8+. The van der Waals surface area contributed by atoms with E-state index >= 15 is 0 Å². The minimum Gasteiger partial charge on any atom is -0.492 e. The normalized spacial score (nSPS) is 15.3. The van der Waals surface area contributed by atoms with E-state index in [9.17, 15) is 19.3 Å². The van der Waals surface area contributed by atoms with E-state index in [1.807, 2.05) is 0 Å². The van der Waals surface area contributed by atoms with Gasteiger partial charge in [-0.25, -0.2) is 4.39 Å². The first kappa shape index (κ1) is 16.6. The maximum atomic E-state index is 13.5. The predicted molar refractivity (Wildman–Crippen MR) is 91.5 cm³/mol. The number of Topliss-reactive ketones (excluding diaryl/α,β-unsaturated/α-hetero) is 1. The summed E-state index contributed by atoms with van der Waals surface area (Å²) in [5, 5.41) is 13.9. The number of carbonyl (C=O) groups excluding carboxylic acids is 1. The Kier molecular flexibility index (Phi) is 4.47. The molecule has 0 bridgehead atoms. The fourth-order valence-corrected chi connectivity index (χ4v) is 2.70. The van der Waals surface area contributed by atoms with Gasteiger partial charge in [-0.1, -0.05) is 6.07 Å². The molecule has 25 heavy (non-hydrogen) atoms. The topological polar surface area (TPSA) is 81.5 Å². The second-order valence-electron chi connectivity index (χ2n) is 5.52. The van der Waals surface area contributed by atoms with Crippen molar-refractivity contribution >= 4 is 23.2 Å². The Morgan fingerprint density at radius 1 is 1.28 bits per heavy atom. The Morgan fingerprint density at radius 2 is 2.08 bits per heavy atom. The smallest absolute Gasteiger partial charge is 0.292 e. The maximum absolute atomic E-state index is 13.5. The van der Waals surface area contributed by atoms with Crippen LogP contribution in [0.25, 0.3) is 6.08 Å². The summed E-state index contributed by atoms with van der Waals surface area (Å²) in [7, 11) is 1.60. The summed E-state index contributed by atoms with van der Waals surface area (Å²) < 4.78 is 19.0. The van der Waals surface area contributed by atoms with Gasteiger partial charge < -0.3 is 10.1 Å². The van der Waals surface area contributed by atoms with E-state index in [4.69, 9.17) is 4.74 Å². The average molecular weight is 342 g/mol. The van der Waals surface area contributed by atoms with Crippen LogP contribution in [0.3, 0.4) is 0 Å². The van der Waals surface area contributed by atoms with E-state index in [0.29, 0.717) is 29.0 Å². The van der Waals surface area contributed by atoms with Crippen molar-refractivity contribution in [1.82, 2.24) is 0 Å². The van der Waals surface area contributed by atoms with Crippen LogP contribution in [0.2, 0.25) is 0 Å². The molecule has 0 aliphatic carbocycles. The summed E-state index contributed by atoms with van der Waals surface area (Å²) >= 11 is 0. The van der Waals surface area contributed by atoms with Gasteiger partial charge in [0, 0.05) is 25.1 Å². The highest BCUT2D eigenvalue weighted by atomic mass is 19.1. The number of nitro benzene ring substituents is 1. The molecule has 0 unspecified atom stereocenters. The summed E-state index contributed by atoms with van der Waals surface area (Å²) in [5.41, 5.74) is 1.39. The highest BCUT2D eigenvalue weighted by Gasteiger charge is 2.22. The summed E-state index contributed by atoms with van der Waals surface area (Å²) in [6.45, 7) is 0.271. The number of benzene rings is 2. The molecule has 0 saturated carbocycles. The van der Waals surface area contributed by atoms with Crippen molar-refractivity contribution in [2.24, 2.45) is 0 Å². The minimum atomic E-state index is -0.522. The molecule has 2 aromatic rings. The van der Waals surface area contributed by atoms with E-state index < -0.39 is 10.7 Å². The van der Waals surface area contributed by atoms with Crippen LogP contribution in [0.1, 0.15) is 22.3 Å². The lowest BCUT2D eigenvalue weighted by Crippen LogP contribution is -2.03. The van der Waals surface area contributed by atoms with E-state index in [0.717, 1.165) is 6.07 Å². The van der Waals surface area contributed by atoms with Crippen LogP contribution in [0.5, 0.6) is 5.75 Å². The van der Waals surface area contributed by atoms with Crippen molar-refractivity contribution in [1.29, 1.82) is 0 Å². The van der Waals surface area contributed by atoms with Crippen LogP contribution < -0.4 is 10.1 Å². The lowest BCUT2D eigenvalue weighted by Gasteiger charge is -2.06. The van der Waals surface area contributed by atoms with Crippen molar-refractivity contribution in [3.8, 4) is 5.75 Å². The first-order valence-corrected chi connectivity index (χ1v) is 7.63. The Morgan fingerprint density at radius 3 is 2.80 bits per heavy atom. The first-order chi connectivity index (χ1) is 12.0. The number of nitro groups is 1. The highest BCUT2D eigenvalue weighted by molar-refractivity contribution is 6.13. The van der Waals surface area contributed by atoms with Crippen molar-refractivity contribution in [2.45, 2.75) is 6.42 Å². The van der Waals surface area contributed by atoms with Crippen LogP contribution >= 0.6 is 0 Å². The lowest BCUT2D eigenvalue weighted by molar-refractivity contribution is -0.383. The summed E-state index contributed by atoms with van der Waals surface area (Å²) in [5.74, 6) is -0.524. The van der Waals surface area contributed by atoms with Gasteiger partial charge in [-0.3, -0.25) is 14.9 Å². The molecule has 1 heterocycles. The molecule has 3 rings (SSSR count). The molecular weight excluding hydrogens is 327 g/mol. The van der Waals surface area contributed by atoms with Gasteiger partial charge in [-0.2, -0.15) is 0 Å². The minimum absolute atomic E-state index is 0.0828. The van der Waals surface area contributed by atoms with E-state index in [2.05, 4.69) is 5.32 Å². The van der Waals surface area contributed by atoms with Gasteiger partial charge in [0.2, 0.25) is 0 Å². The molecule has 1 aliphatic rings. The van der Waals surface area contributed by atoms with Crippen molar-refractivity contribution in [3.63, 3.8) is 0 Å². The molecule has 2 aromatic carbocycles. The predicted octanol–water partition coefficient (Wildman–Crippen LogP) is 3.82. The first-order valence-electron chi connectivity index (χ1n) is 7.63. The number of fused-ring (bicyclic) bond motifs is 1. The van der Waals surface area contributed by atoms with Gasteiger partial charge in [0.25, 0.3) is 5.69 Å². The number of anilines is 1.